The minimum absolute atomic E-state index is 0.679. The Hall–Kier alpha value is -2.37. The molecule has 0 saturated heterocycles. The lowest BCUT2D eigenvalue weighted by molar-refractivity contribution is 0.372. The van der Waals surface area contributed by atoms with Crippen LogP contribution in [0, 0.1) is 6.92 Å². The van der Waals surface area contributed by atoms with E-state index in [1.54, 1.807) is 7.05 Å². The summed E-state index contributed by atoms with van der Waals surface area (Å²) in [4.78, 5) is 8.37. The van der Waals surface area contributed by atoms with Crippen molar-refractivity contribution in [2.45, 2.75) is 26.3 Å². The van der Waals surface area contributed by atoms with Crippen LogP contribution in [0.4, 0.5) is 0 Å². The quantitative estimate of drug-likeness (QED) is 0.480. The molecule has 1 aromatic heterocycles. The molecule has 6 nitrogen and oxygen atoms in total. The first kappa shape index (κ1) is 15.0. The molecule has 0 radical (unpaired) electrons. The Balaban J connectivity index is 1.66. The van der Waals surface area contributed by atoms with E-state index < -0.39 is 0 Å². The van der Waals surface area contributed by atoms with Gasteiger partial charge in [-0.05, 0) is 18.9 Å². The van der Waals surface area contributed by atoms with Crippen molar-refractivity contribution in [1.29, 1.82) is 0 Å². The molecule has 2 aromatic rings. The Bertz CT molecular complexity index is 564. The van der Waals surface area contributed by atoms with E-state index >= 15 is 0 Å². The maximum Gasteiger partial charge on any atom is 0.226 e. The van der Waals surface area contributed by atoms with E-state index in [0.717, 1.165) is 31.9 Å². The highest BCUT2D eigenvalue weighted by atomic mass is 16.5. The molecule has 2 N–H and O–H groups in total. The second kappa shape index (κ2) is 8.04. The van der Waals surface area contributed by atoms with Crippen LogP contribution < -0.4 is 10.6 Å². The standard InChI is InChI=1S/C15H21N5O/c1-12-19-14(21-20-12)9-6-10-17-15(16-2)18-11-13-7-4-3-5-8-13/h3-5,7-8H,6,9-11H2,1-2H3,(H2,16,17,18). The molecule has 112 valence electrons. The Morgan fingerprint density at radius 3 is 2.71 bits per heavy atom. The second-order valence-electron chi connectivity index (χ2n) is 4.68. The average molecular weight is 287 g/mol. The minimum Gasteiger partial charge on any atom is -0.356 e. The number of aromatic nitrogens is 2. The van der Waals surface area contributed by atoms with E-state index in [2.05, 4.69) is 37.9 Å². The largest absolute Gasteiger partial charge is 0.356 e. The van der Waals surface area contributed by atoms with Crippen molar-refractivity contribution < 1.29 is 4.52 Å². The highest BCUT2D eigenvalue weighted by Crippen LogP contribution is 1.99. The highest BCUT2D eigenvalue weighted by molar-refractivity contribution is 5.79. The summed E-state index contributed by atoms with van der Waals surface area (Å²) >= 11 is 0. The molecule has 0 spiro atoms. The number of rotatable bonds is 6. The fourth-order valence-corrected chi connectivity index (χ4v) is 1.89. The number of nitrogens with zero attached hydrogens (tertiary/aromatic N) is 3. The Kier molecular flexibility index (Phi) is 5.75. The number of nitrogens with one attached hydrogen (secondary N) is 2. The number of guanidine groups is 1. The summed E-state index contributed by atoms with van der Waals surface area (Å²) in [5.74, 6) is 2.15. The number of benzene rings is 1. The predicted molar refractivity (Wildman–Crippen MR) is 82.0 cm³/mol. The van der Waals surface area contributed by atoms with Crippen LogP contribution in [0.2, 0.25) is 0 Å². The molecule has 1 aromatic carbocycles. The highest BCUT2D eigenvalue weighted by Gasteiger charge is 2.02. The molecular formula is C15H21N5O. The predicted octanol–water partition coefficient (Wildman–Crippen LogP) is 1.68. The van der Waals surface area contributed by atoms with Gasteiger partial charge in [0, 0.05) is 26.6 Å². The molecule has 0 aliphatic rings. The SMILES string of the molecule is CN=C(NCCCc1nc(C)no1)NCc1ccccc1. The molecule has 0 saturated carbocycles. The van der Waals surface area contributed by atoms with E-state index in [-0.39, 0.29) is 0 Å². The molecule has 0 amide bonds. The summed E-state index contributed by atoms with van der Waals surface area (Å²) in [6.45, 7) is 3.37. The summed E-state index contributed by atoms with van der Waals surface area (Å²) in [5.41, 5.74) is 1.22. The van der Waals surface area contributed by atoms with E-state index in [0.29, 0.717) is 11.7 Å². The monoisotopic (exact) mass is 287 g/mol. The van der Waals surface area contributed by atoms with Gasteiger partial charge in [-0.3, -0.25) is 4.99 Å². The Morgan fingerprint density at radius 1 is 1.24 bits per heavy atom. The summed E-state index contributed by atoms with van der Waals surface area (Å²) < 4.78 is 5.07. The van der Waals surface area contributed by atoms with E-state index in [4.69, 9.17) is 4.52 Å². The van der Waals surface area contributed by atoms with Gasteiger partial charge in [-0.25, -0.2) is 0 Å². The van der Waals surface area contributed by atoms with Gasteiger partial charge in [0.25, 0.3) is 0 Å². The molecule has 0 bridgehead atoms. The first-order valence-electron chi connectivity index (χ1n) is 7.05. The van der Waals surface area contributed by atoms with Crippen LogP contribution in [0.15, 0.2) is 39.8 Å². The van der Waals surface area contributed by atoms with Crippen LogP contribution in [0.25, 0.3) is 0 Å². The maximum absolute atomic E-state index is 5.07. The summed E-state index contributed by atoms with van der Waals surface area (Å²) in [7, 11) is 1.77. The van der Waals surface area contributed by atoms with Gasteiger partial charge in [0.2, 0.25) is 5.89 Å². The summed E-state index contributed by atoms with van der Waals surface area (Å²) in [5, 5.41) is 10.3. The van der Waals surface area contributed by atoms with Gasteiger partial charge >= 0.3 is 0 Å². The molecule has 0 aliphatic heterocycles. The first-order chi connectivity index (χ1) is 10.3. The van der Waals surface area contributed by atoms with Crippen LogP contribution >= 0.6 is 0 Å². The van der Waals surface area contributed by atoms with Crippen molar-refractivity contribution in [3.8, 4) is 0 Å². The number of hydrogen-bond acceptors (Lipinski definition) is 4. The minimum atomic E-state index is 0.679. The van der Waals surface area contributed by atoms with Crippen molar-refractivity contribution >= 4 is 5.96 Å². The lowest BCUT2D eigenvalue weighted by atomic mass is 10.2. The van der Waals surface area contributed by atoms with Crippen LogP contribution in [-0.4, -0.2) is 29.7 Å². The van der Waals surface area contributed by atoms with Crippen molar-refractivity contribution in [2.24, 2.45) is 4.99 Å². The number of aliphatic imine (C=N–C) groups is 1. The lowest BCUT2D eigenvalue weighted by Crippen LogP contribution is -2.37. The van der Waals surface area contributed by atoms with Crippen molar-refractivity contribution in [1.82, 2.24) is 20.8 Å². The zero-order valence-electron chi connectivity index (χ0n) is 12.5. The zero-order valence-corrected chi connectivity index (χ0v) is 12.5. The lowest BCUT2D eigenvalue weighted by Gasteiger charge is -2.11. The van der Waals surface area contributed by atoms with Crippen LogP contribution in [0.1, 0.15) is 23.7 Å². The zero-order chi connectivity index (χ0) is 14.9. The molecule has 0 unspecified atom stereocenters. The van der Waals surface area contributed by atoms with Crippen molar-refractivity contribution in [3.05, 3.63) is 47.6 Å². The molecular weight excluding hydrogens is 266 g/mol. The van der Waals surface area contributed by atoms with Crippen LogP contribution in [0.5, 0.6) is 0 Å². The summed E-state index contributed by atoms with van der Waals surface area (Å²) in [6.07, 6.45) is 1.68. The third-order valence-corrected chi connectivity index (χ3v) is 2.96. The van der Waals surface area contributed by atoms with Crippen LogP contribution in [-0.2, 0) is 13.0 Å². The Morgan fingerprint density at radius 2 is 2.05 bits per heavy atom. The van der Waals surface area contributed by atoms with E-state index in [1.807, 2.05) is 25.1 Å². The molecule has 0 fully saturated rings. The molecule has 1 heterocycles. The smallest absolute Gasteiger partial charge is 0.226 e. The van der Waals surface area contributed by atoms with Gasteiger partial charge in [-0.15, -0.1) is 0 Å². The third-order valence-electron chi connectivity index (χ3n) is 2.96. The van der Waals surface area contributed by atoms with Gasteiger partial charge in [-0.2, -0.15) is 4.98 Å². The number of hydrogen-bond donors (Lipinski definition) is 2. The molecule has 2 rings (SSSR count). The van der Waals surface area contributed by atoms with Gasteiger partial charge in [0.15, 0.2) is 11.8 Å². The van der Waals surface area contributed by atoms with Crippen molar-refractivity contribution in [3.63, 3.8) is 0 Å². The van der Waals surface area contributed by atoms with Gasteiger partial charge in [0.05, 0.1) is 0 Å². The normalized spacial score (nSPS) is 11.4. The molecule has 21 heavy (non-hydrogen) atoms. The van der Waals surface area contributed by atoms with Gasteiger partial charge < -0.3 is 15.2 Å². The average Bonchev–Trinajstić information content (AvgIpc) is 2.93. The van der Waals surface area contributed by atoms with Gasteiger partial charge in [-0.1, -0.05) is 35.5 Å². The van der Waals surface area contributed by atoms with E-state index in [1.165, 1.54) is 5.56 Å². The van der Waals surface area contributed by atoms with Crippen LogP contribution in [0.3, 0.4) is 0 Å². The molecule has 0 aliphatic carbocycles. The fourth-order valence-electron chi connectivity index (χ4n) is 1.89. The fraction of sp³-hybridized carbons (Fsp3) is 0.400. The first-order valence-corrected chi connectivity index (χ1v) is 7.05. The Labute approximate surface area is 124 Å². The molecule has 0 atom stereocenters. The third kappa shape index (κ3) is 5.25. The second-order valence-corrected chi connectivity index (χ2v) is 4.68. The van der Waals surface area contributed by atoms with Gasteiger partial charge in [0.1, 0.15) is 0 Å². The maximum atomic E-state index is 5.07. The van der Waals surface area contributed by atoms with E-state index in [9.17, 15) is 0 Å². The topological polar surface area (TPSA) is 75.3 Å². The van der Waals surface area contributed by atoms with Crippen molar-refractivity contribution in [2.75, 3.05) is 13.6 Å². The summed E-state index contributed by atoms with van der Waals surface area (Å²) in [6, 6.07) is 10.2. The molecule has 6 heteroatoms. The number of aryl methyl sites for hydroxylation is 2.